The van der Waals surface area contributed by atoms with Gasteiger partial charge < -0.3 is 15.4 Å². The molecule has 0 aliphatic heterocycles. The van der Waals surface area contributed by atoms with Gasteiger partial charge in [-0.3, -0.25) is 4.79 Å². The molecule has 4 heteroatoms. The monoisotopic (exact) mass is 312 g/mol. The minimum atomic E-state index is -0.142. The van der Waals surface area contributed by atoms with Crippen LogP contribution in [0.15, 0.2) is 54.6 Å². The van der Waals surface area contributed by atoms with Crippen LogP contribution in [0.4, 0.5) is 0 Å². The molecule has 23 heavy (non-hydrogen) atoms. The van der Waals surface area contributed by atoms with Gasteiger partial charge in [-0.25, -0.2) is 0 Å². The molecule has 0 heterocycles. The lowest BCUT2D eigenvalue weighted by molar-refractivity contribution is -0.132. The van der Waals surface area contributed by atoms with Crippen LogP contribution in [0.5, 0.6) is 5.75 Å². The molecular formula is C19H24N2O2. The molecule has 0 aliphatic rings. The maximum atomic E-state index is 12.5. The fourth-order valence-corrected chi connectivity index (χ4v) is 2.39. The molecule has 4 nitrogen and oxygen atoms in total. The molecule has 0 saturated carbocycles. The number of hydrogen-bond donors (Lipinski definition) is 1. The average molecular weight is 312 g/mol. The van der Waals surface area contributed by atoms with Gasteiger partial charge in [-0.15, -0.1) is 0 Å². The smallest absolute Gasteiger partial charge is 0.224 e. The van der Waals surface area contributed by atoms with E-state index in [1.54, 1.807) is 7.11 Å². The molecule has 2 aromatic rings. The van der Waals surface area contributed by atoms with Gasteiger partial charge in [-0.2, -0.15) is 0 Å². The summed E-state index contributed by atoms with van der Waals surface area (Å²) >= 11 is 0. The quantitative estimate of drug-likeness (QED) is 0.855. The predicted octanol–water partition coefficient (Wildman–Crippen LogP) is 2.96. The van der Waals surface area contributed by atoms with Crippen molar-refractivity contribution in [3.63, 3.8) is 0 Å². The van der Waals surface area contributed by atoms with Crippen LogP contribution in [-0.2, 0) is 17.9 Å². The second-order valence-corrected chi connectivity index (χ2v) is 5.76. The van der Waals surface area contributed by atoms with Gasteiger partial charge in [-0.05, 0) is 30.2 Å². The number of carbonyl (C=O) groups excluding carboxylic acids is 1. The van der Waals surface area contributed by atoms with Crippen LogP contribution in [-0.4, -0.2) is 24.0 Å². The van der Waals surface area contributed by atoms with Gasteiger partial charge >= 0.3 is 0 Å². The summed E-state index contributed by atoms with van der Waals surface area (Å²) in [5.74, 6) is 0.880. The first-order valence-electron chi connectivity index (χ1n) is 7.78. The molecule has 1 amide bonds. The van der Waals surface area contributed by atoms with E-state index in [0.717, 1.165) is 16.9 Å². The van der Waals surface area contributed by atoms with Crippen molar-refractivity contribution < 1.29 is 9.53 Å². The van der Waals surface area contributed by atoms with Crippen LogP contribution < -0.4 is 10.5 Å². The third kappa shape index (κ3) is 5.42. The van der Waals surface area contributed by atoms with Crippen molar-refractivity contribution in [1.82, 2.24) is 4.90 Å². The van der Waals surface area contributed by atoms with Crippen molar-refractivity contribution in [1.29, 1.82) is 0 Å². The standard InChI is InChI=1S/C19H24N2O2/c1-15(20)12-19(22)21(13-16-6-4-3-5-7-16)14-17-8-10-18(23-2)11-9-17/h3-11,15H,12-14,20H2,1-2H3. The SMILES string of the molecule is COc1ccc(CN(Cc2ccccc2)C(=O)CC(C)N)cc1. The van der Waals surface area contributed by atoms with Crippen LogP contribution in [0.1, 0.15) is 24.5 Å². The Morgan fingerprint density at radius 1 is 1.04 bits per heavy atom. The Morgan fingerprint density at radius 3 is 2.13 bits per heavy atom. The Hall–Kier alpha value is -2.33. The Kier molecular flexibility index (Phi) is 6.18. The van der Waals surface area contributed by atoms with E-state index in [1.807, 2.05) is 66.4 Å². The van der Waals surface area contributed by atoms with Crippen molar-refractivity contribution in [2.24, 2.45) is 5.73 Å². The fraction of sp³-hybridized carbons (Fsp3) is 0.316. The first kappa shape index (κ1) is 17.0. The number of rotatable bonds is 7. The Labute approximate surface area is 137 Å². The Balaban J connectivity index is 2.13. The number of hydrogen-bond acceptors (Lipinski definition) is 3. The van der Waals surface area contributed by atoms with Gasteiger partial charge in [0.2, 0.25) is 5.91 Å². The van der Waals surface area contributed by atoms with E-state index in [1.165, 1.54) is 0 Å². The van der Waals surface area contributed by atoms with Crippen molar-refractivity contribution in [2.45, 2.75) is 32.5 Å². The minimum absolute atomic E-state index is 0.0691. The molecule has 0 aromatic heterocycles. The van der Waals surface area contributed by atoms with E-state index < -0.39 is 0 Å². The molecule has 0 aliphatic carbocycles. The predicted molar refractivity (Wildman–Crippen MR) is 92.0 cm³/mol. The molecule has 2 N–H and O–H groups in total. The summed E-state index contributed by atoms with van der Waals surface area (Å²) in [7, 11) is 1.64. The summed E-state index contributed by atoms with van der Waals surface area (Å²) in [6, 6.07) is 17.6. The van der Waals surface area contributed by atoms with E-state index in [2.05, 4.69) is 0 Å². The van der Waals surface area contributed by atoms with Gasteiger partial charge in [0.1, 0.15) is 5.75 Å². The zero-order valence-corrected chi connectivity index (χ0v) is 13.7. The van der Waals surface area contributed by atoms with E-state index >= 15 is 0 Å². The van der Waals surface area contributed by atoms with E-state index in [9.17, 15) is 4.79 Å². The molecule has 1 atom stereocenters. The maximum absolute atomic E-state index is 12.5. The lowest BCUT2D eigenvalue weighted by Crippen LogP contribution is -2.34. The van der Waals surface area contributed by atoms with Crippen LogP contribution in [0.25, 0.3) is 0 Å². The molecule has 2 rings (SSSR count). The van der Waals surface area contributed by atoms with Crippen molar-refractivity contribution in [3.05, 3.63) is 65.7 Å². The van der Waals surface area contributed by atoms with E-state index in [-0.39, 0.29) is 11.9 Å². The zero-order valence-electron chi connectivity index (χ0n) is 13.7. The number of methoxy groups -OCH3 is 1. The summed E-state index contributed by atoms with van der Waals surface area (Å²) in [6.45, 7) is 2.99. The van der Waals surface area contributed by atoms with Gasteiger partial charge in [0.05, 0.1) is 7.11 Å². The zero-order chi connectivity index (χ0) is 16.7. The van der Waals surface area contributed by atoms with Gasteiger partial charge in [-0.1, -0.05) is 42.5 Å². The molecule has 0 fully saturated rings. The van der Waals surface area contributed by atoms with Gasteiger partial charge in [0.25, 0.3) is 0 Å². The third-order valence-electron chi connectivity index (χ3n) is 3.60. The van der Waals surface area contributed by atoms with Gasteiger partial charge in [0, 0.05) is 25.6 Å². The van der Waals surface area contributed by atoms with Crippen molar-refractivity contribution >= 4 is 5.91 Å². The van der Waals surface area contributed by atoms with E-state index in [4.69, 9.17) is 10.5 Å². The highest BCUT2D eigenvalue weighted by atomic mass is 16.5. The van der Waals surface area contributed by atoms with Crippen LogP contribution >= 0.6 is 0 Å². The topological polar surface area (TPSA) is 55.6 Å². The number of nitrogens with zero attached hydrogens (tertiary/aromatic N) is 1. The second-order valence-electron chi connectivity index (χ2n) is 5.76. The first-order chi connectivity index (χ1) is 11.1. The average Bonchev–Trinajstić information content (AvgIpc) is 2.55. The van der Waals surface area contributed by atoms with E-state index in [0.29, 0.717) is 19.5 Å². The maximum Gasteiger partial charge on any atom is 0.224 e. The molecule has 1 unspecified atom stereocenters. The van der Waals surface area contributed by atoms with Crippen molar-refractivity contribution in [3.8, 4) is 5.75 Å². The number of amides is 1. The number of carbonyl (C=O) groups is 1. The highest BCUT2D eigenvalue weighted by Crippen LogP contribution is 2.15. The summed E-state index contributed by atoms with van der Waals surface area (Å²) < 4.78 is 5.17. The molecule has 2 aromatic carbocycles. The molecular weight excluding hydrogens is 288 g/mol. The number of nitrogens with two attached hydrogens (primary N) is 1. The molecule has 0 saturated heterocycles. The van der Waals surface area contributed by atoms with Crippen LogP contribution in [0, 0.1) is 0 Å². The second kappa shape index (κ2) is 8.34. The fourth-order valence-electron chi connectivity index (χ4n) is 2.39. The summed E-state index contributed by atoms with van der Waals surface area (Å²) in [5.41, 5.74) is 7.97. The summed E-state index contributed by atoms with van der Waals surface area (Å²) in [6.07, 6.45) is 0.350. The highest BCUT2D eigenvalue weighted by Gasteiger charge is 2.16. The number of ether oxygens (including phenoxy) is 1. The van der Waals surface area contributed by atoms with Gasteiger partial charge in [0.15, 0.2) is 0 Å². The summed E-state index contributed by atoms with van der Waals surface area (Å²) in [5, 5.41) is 0. The number of benzene rings is 2. The summed E-state index contributed by atoms with van der Waals surface area (Å²) in [4.78, 5) is 14.4. The molecule has 122 valence electrons. The molecule has 0 spiro atoms. The lowest BCUT2D eigenvalue weighted by atomic mass is 10.1. The molecule has 0 bridgehead atoms. The first-order valence-corrected chi connectivity index (χ1v) is 7.78. The lowest BCUT2D eigenvalue weighted by Gasteiger charge is -2.24. The molecule has 0 radical (unpaired) electrons. The Bertz CT molecular complexity index is 609. The van der Waals surface area contributed by atoms with Crippen LogP contribution in [0.3, 0.4) is 0 Å². The van der Waals surface area contributed by atoms with Crippen molar-refractivity contribution in [2.75, 3.05) is 7.11 Å². The van der Waals surface area contributed by atoms with Crippen LogP contribution in [0.2, 0.25) is 0 Å². The Morgan fingerprint density at radius 2 is 1.61 bits per heavy atom. The highest BCUT2D eigenvalue weighted by molar-refractivity contribution is 5.76. The normalized spacial score (nSPS) is 11.8. The minimum Gasteiger partial charge on any atom is -0.497 e. The third-order valence-corrected chi connectivity index (χ3v) is 3.60. The largest absolute Gasteiger partial charge is 0.497 e.